The van der Waals surface area contributed by atoms with Crippen LogP contribution in [0.2, 0.25) is 15.1 Å². The van der Waals surface area contributed by atoms with Crippen LogP contribution in [0.15, 0.2) is 65.6 Å². The first kappa shape index (κ1) is 21.5. The van der Waals surface area contributed by atoms with Gasteiger partial charge in [0.15, 0.2) is 5.75 Å². The van der Waals surface area contributed by atoms with Crippen LogP contribution in [0, 0.1) is 6.92 Å². The van der Waals surface area contributed by atoms with E-state index >= 15 is 0 Å². The summed E-state index contributed by atoms with van der Waals surface area (Å²) in [5.41, 5.74) is 1.17. The highest BCUT2D eigenvalue weighted by atomic mass is 35.5. The number of nitrogens with one attached hydrogen (secondary N) is 1. The topological polar surface area (TPSA) is 72.5 Å². The van der Waals surface area contributed by atoms with Crippen molar-refractivity contribution in [2.24, 2.45) is 0 Å². The normalized spacial score (nSPS) is 11.2. The van der Waals surface area contributed by atoms with Gasteiger partial charge in [-0.3, -0.25) is 4.72 Å². The number of carbonyl (C=O) groups is 1. The molecule has 0 atom stereocenters. The third kappa shape index (κ3) is 4.85. The molecule has 150 valence electrons. The van der Waals surface area contributed by atoms with Gasteiger partial charge in [-0.05, 0) is 37.3 Å². The number of ether oxygens (including phenoxy) is 1. The fourth-order valence-corrected chi connectivity index (χ4v) is 4.23. The lowest BCUT2D eigenvalue weighted by molar-refractivity contribution is 0.0735. The minimum Gasteiger partial charge on any atom is -0.420 e. The van der Waals surface area contributed by atoms with Crippen molar-refractivity contribution in [3.8, 4) is 5.75 Å². The van der Waals surface area contributed by atoms with Crippen molar-refractivity contribution in [2.45, 2.75) is 11.8 Å². The number of benzene rings is 3. The summed E-state index contributed by atoms with van der Waals surface area (Å²) >= 11 is 18.6. The quantitative estimate of drug-likeness (QED) is 0.283. The summed E-state index contributed by atoms with van der Waals surface area (Å²) in [5, 5.41) is -0.419. The van der Waals surface area contributed by atoms with Gasteiger partial charge >= 0.3 is 5.97 Å². The third-order valence-corrected chi connectivity index (χ3v) is 6.41. The Bertz CT molecular complexity index is 1160. The summed E-state index contributed by atoms with van der Waals surface area (Å²) < 4.78 is 32.8. The van der Waals surface area contributed by atoms with Crippen LogP contribution < -0.4 is 9.46 Å². The van der Waals surface area contributed by atoms with Crippen LogP contribution >= 0.6 is 34.8 Å². The van der Waals surface area contributed by atoms with Gasteiger partial charge in [0.2, 0.25) is 0 Å². The van der Waals surface area contributed by atoms with Crippen LogP contribution in [0.5, 0.6) is 5.75 Å². The van der Waals surface area contributed by atoms with E-state index in [1.54, 1.807) is 42.5 Å². The van der Waals surface area contributed by atoms with Crippen LogP contribution in [-0.4, -0.2) is 14.4 Å². The molecule has 3 rings (SSSR count). The number of halogens is 3. The SMILES string of the molecule is Cc1ccc(S(=O)(=O)Nc2cc(Cl)c(OC(=O)c3ccccc3)c(Cl)c2Cl)cc1. The van der Waals surface area contributed by atoms with Crippen LogP contribution in [0.1, 0.15) is 15.9 Å². The standard InChI is InChI=1S/C20H14Cl3NO4S/c1-12-7-9-14(10-8-12)29(26,27)24-16-11-15(21)19(18(23)17(16)22)28-20(25)13-5-3-2-4-6-13/h2-11,24H,1H3. The highest BCUT2D eigenvalue weighted by molar-refractivity contribution is 7.92. The maximum absolute atomic E-state index is 12.6. The first-order valence-electron chi connectivity index (χ1n) is 8.23. The molecule has 29 heavy (non-hydrogen) atoms. The second kappa shape index (κ2) is 8.63. The zero-order valence-electron chi connectivity index (χ0n) is 14.9. The maximum atomic E-state index is 12.6. The lowest BCUT2D eigenvalue weighted by atomic mass is 10.2. The van der Waals surface area contributed by atoms with E-state index < -0.39 is 16.0 Å². The Morgan fingerprint density at radius 1 is 0.931 bits per heavy atom. The zero-order chi connectivity index (χ0) is 21.2. The Kier molecular flexibility index (Phi) is 6.39. The molecule has 1 N–H and O–H groups in total. The molecule has 3 aromatic carbocycles. The minimum atomic E-state index is -3.92. The van der Waals surface area contributed by atoms with Gasteiger partial charge < -0.3 is 4.74 Å². The van der Waals surface area contributed by atoms with Crippen molar-refractivity contribution in [1.29, 1.82) is 0 Å². The Balaban J connectivity index is 1.91. The van der Waals surface area contributed by atoms with Gasteiger partial charge in [0.1, 0.15) is 5.02 Å². The van der Waals surface area contributed by atoms with Crippen molar-refractivity contribution in [1.82, 2.24) is 0 Å². The molecule has 9 heteroatoms. The van der Waals surface area contributed by atoms with Crippen molar-refractivity contribution >= 4 is 56.5 Å². The van der Waals surface area contributed by atoms with Gasteiger partial charge in [0.25, 0.3) is 10.0 Å². The first-order valence-corrected chi connectivity index (χ1v) is 10.8. The summed E-state index contributed by atoms with van der Waals surface area (Å²) in [5.74, 6) is -0.844. The molecule has 0 spiro atoms. The fourth-order valence-electron chi connectivity index (χ4n) is 2.39. The van der Waals surface area contributed by atoms with E-state index in [0.717, 1.165) is 5.56 Å². The van der Waals surface area contributed by atoms with E-state index in [2.05, 4.69) is 4.72 Å². The predicted octanol–water partition coefficient (Wildman–Crippen LogP) is 5.98. The van der Waals surface area contributed by atoms with Gasteiger partial charge in [0.05, 0.1) is 26.2 Å². The van der Waals surface area contributed by atoms with Crippen LogP contribution in [0.3, 0.4) is 0 Å². The second-order valence-electron chi connectivity index (χ2n) is 6.04. The van der Waals surface area contributed by atoms with Crippen molar-refractivity contribution < 1.29 is 17.9 Å². The molecule has 0 bridgehead atoms. The maximum Gasteiger partial charge on any atom is 0.343 e. The predicted molar refractivity (Wildman–Crippen MR) is 115 cm³/mol. The van der Waals surface area contributed by atoms with Gasteiger partial charge in [-0.25, -0.2) is 13.2 Å². The van der Waals surface area contributed by atoms with Gasteiger partial charge in [-0.1, -0.05) is 70.7 Å². The smallest absolute Gasteiger partial charge is 0.343 e. The summed E-state index contributed by atoms with van der Waals surface area (Å²) in [6, 6.07) is 15.7. The highest BCUT2D eigenvalue weighted by Gasteiger charge is 2.23. The zero-order valence-corrected chi connectivity index (χ0v) is 18.0. The number of sulfonamides is 1. The molecule has 0 aliphatic carbocycles. The van der Waals surface area contributed by atoms with E-state index in [9.17, 15) is 13.2 Å². The monoisotopic (exact) mass is 469 g/mol. The molecule has 3 aromatic rings. The highest BCUT2D eigenvalue weighted by Crippen LogP contribution is 2.43. The Morgan fingerprint density at radius 3 is 2.17 bits per heavy atom. The van der Waals surface area contributed by atoms with Gasteiger partial charge in [-0.15, -0.1) is 0 Å². The van der Waals surface area contributed by atoms with Crippen LogP contribution in [0.25, 0.3) is 0 Å². The third-order valence-electron chi connectivity index (χ3n) is 3.90. The van der Waals surface area contributed by atoms with Crippen molar-refractivity contribution in [2.75, 3.05) is 4.72 Å². The van der Waals surface area contributed by atoms with Crippen LogP contribution in [0.4, 0.5) is 5.69 Å². The number of hydrogen-bond donors (Lipinski definition) is 1. The lowest BCUT2D eigenvalue weighted by Gasteiger charge is -2.15. The van der Waals surface area contributed by atoms with Gasteiger partial charge in [-0.2, -0.15) is 0 Å². The largest absolute Gasteiger partial charge is 0.420 e. The summed E-state index contributed by atoms with van der Waals surface area (Å²) in [7, 11) is -3.92. The molecule has 0 aliphatic rings. The molecule has 0 saturated heterocycles. The number of esters is 1. The average Bonchev–Trinajstić information content (AvgIpc) is 2.70. The van der Waals surface area contributed by atoms with Crippen molar-refractivity contribution in [3.63, 3.8) is 0 Å². The van der Waals surface area contributed by atoms with E-state index in [4.69, 9.17) is 39.5 Å². The van der Waals surface area contributed by atoms with E-state index in [1.807, 2.05) is 6.92 Å². The molecule has 0 saturated carbocycles. The molecule has 0 aromatic heterocycles. The molecular formula is C20H14Cl3NO4S. The van der Waals surface area contributed by atoms with Crippen molar-refractivity contribution in [3.05, 3.63) is 86.9 Å². The Labute approximate surface area is 183 Å². The molecule has 0 amide bonds. The average molecular weight is 471 g/mol. The van der Waals surface area contributed by atoms with E-state index in [-0.39, 0.29) is 31.4 Å². The van der Waals surface area contributed by atoms with E-state index in [0.29, 0.717) is 5.56 Å². The summed E-state index contributed by atoms with van der Waals surface area (Å²) in [4.78, 5) is 12.3. The first-order chi connectivity index (χ1) is 13.7. The number of carbonyl (C=O) groups excluding carboxylic acids is 1. The van der Waals surface area contributed by atoms with Gasteiger partial charge in [0, 0.05) is 0 Å². The molecule has 5 nitrogen and oxygen atoms in total. The fraction of sp³-hybridized carbons (Fsp3) is 0.0500. The lowest BCUT2D eigenvalue weighted by Crippen LogP contribution is -2.14. The molecule has 0 radical (unpaired) electrons. The summed E-state index contributed by atoms with van der Waals surface area (Å²) in [6.07, 6.45) is 0. The summed E-state index contributed by atoms with van der Waals surface area (Å²) in [6.45, 7) is 1.84. The second-order valence-corrected chi connectivity index (χ2v) is 8.88. The van der Waals surface area contributed by atoms with E-state index in [1.165, 1.54) is 18.2 Å². The van der Waals surface area contributed by atoms with Crippen LogP contribution in [-0.2, 0) is 10.0 Å². The molecule has 0 unspecified atom stereocenters. The number of aryl methyl sites for hydroxylation is 1. The number of hydrogen-bond acceptors (Lipinski definition) is 4. The number of anilines is 1. The Hall–Kier alpha value is -2.25. The molecule has 0 fully saturated rings. The molecule has 0 aliphatic heterocycles. The number of rotatable bonds is 5. The Morgan fingerprint density at radius 2 is 1.55 bits per heavy atom. The minimum absolute atomic E-state index is 0.0400. The molecular weight excluding hydrogens is 457 g/mol. The molecule has 0 heterocycles.